The molecule has 0 atom stereocenters. The summed E-state index contributed by atoms with van der Waals surface area (Å²) in [5.74, 6) is 2.26. The lowest BCUT2D eigenvalue weighted by atomic mass is 9.53. The lowest BCUT2D eigenvalue weighted by Gasteiger charge is -2.59. The highest BCUT2D eigenvalue weighted by Crippen LogP contribution is 2.58. The van der Waals surface area contributed by atoms with Crippen molar-refractivity contribution in [3.05, 3.63) is 15.9 Å². The molecule has 1 heterocycles. The fourth-order valence-corrected chi connectivity index (χ4v) is 8.99. The molecule has 1 aromatic rings. The van der Waals surface area contributed by atoms with Crippen molar-refractivity contribution in [3.63, 3.8) is 0 Å². The summed E-state index contributed by atoms with van der Waals surface area (Å²) in [5, 5.41) is 0. The third-order valence-electron chi connectivity index (χ3n) is 5.84. The topological polar surface area (TPSA) is 37.4 Å². The van der Waals surface area contributed by atoms with Crippen LogP contribution in [-0.2, 0) is 10.0 Å². The van der Waals surface area contributed by atoms with Gasteiger partial charge in [-0.1, -0.05) is 0 Å². The van der Waals surface area contributed by atoms with Gasteiger partial charge in [0.05, 0.1) is 3.79 Å². The molecule has 4 aliphatic rings. The van der Waals surface area contributed by atoms with Crippen LogP contribution in [0.5, 0.6) is 0 Å². The van der Waals surface area contributed by atoms with Gasteiger partial charge >= 0.3 is 0 Å². The Morgan fingerprint density at radius 2 is 1.67 bits per heavy atom. The van der Waals surface area contributed by atoms with Gasteiger partial charge in [0.2, 0.25) is 0 Å². The maximum atomic E-state index is 13.0. The first-order chi connectivity index (χ1) is 9.89. The van der Waals surface area contributed by atoms with Crippen LogP contribution in [0.4, 0.5) is 0 Å². The Kier molecular flexibility index (Phi) is 3.35. The fourth-order valence-electron chi connectivity index (χ4n) is 5.28. The lowest BCUT2D eigenvalue weighted by molar-refractivity contribution is -0.0495. The maximum absolute atomic E-state index is 13.0. The maximum Gasteiger partial charge on any atom is 0.252 e. The third kappa shape index (κ3) is 2.25. The van der Waals surface area contributed by atoms with Crippen molar-refractivity contribution in [2.75, 3.05) is 7.05 Å². The number of nitrogens with zero attached hydrogens (tertiary/aromatic N) is 1. The van der Waals surface area contributed by atoms with Crippen LogP contribution in [0.25, 0.3) is 0 Å². The van der Waals surface area contributed by atoms with Crippen molar-refractivity contribution in [1.82, 2.24) is 4.31 Å². The van der Waals surface area contributed by atoms with E-state index in [1.807, 2.05) is 13.1 Å². The van der Waals surface area contributed by atoms with Crippen molar-refractivity contribution < 1.29 is 8.42 Å². The van der Waals surface area contributed by atoms with Gasteiger partial charge in [-0.15, -0.1) is 11.3 Å². The molecule has 3 nitrogen and oxygen atoms in total. The first-order valence-corrected chi connectivity index (χ1v) is 10.7. The molecule has 5 rings (SSSR count). The van der Waals surface area contributed by atoms with E-state index in [1.165, 1.54) is 30.6 Å². The zero-order chi connectivity index (χ0) is 14.8. The average molecular weight is 390 g/mol. The largest absolute Gasteiger partial charge is 0.252 e. The Balaban J connectivity index is 1.69. The van der Waals surface area contributed by atoms with Gasteiger partial charge in [0, 0.05) is 12.6 Å². The van der Waals surface area contributed by atoms with Crippen LogP contribution in [0.2, 0.25) is 0 Å². The van der Waals surface area contributed by atoms with Gasteiger partial charge in [0.25, 0.3) is 10.0 Å². The molecule has 4 saturated carbocycles. The Bertz CT molecular complexity index is 632. The zero-order valence-corrected chi connectivity index (χ0v) is 15.3. The second-order valence-corrected chi connectivity index (χ2v) is 11.8. The molecule has 0 saturated heterocycles. The van der Waals surface area contributed by atoms with Crippen LogP contribution in [0, 0.1) is 17.8 Å². The summed E-state index contributed by atoms with van der Waals surface area (Å²) in [6, 6.07) is 3.55. The quantitative estimate of drug-likeness (QED) is 0.779. The van der Waals surface area contributed by atoms with E-state index in [0.717, 1.165) is 40.8 Å². The minimum Gasteiger partial charge on any atom is -0.206 e. The Morgan fingerprint density at radius 3 is 2.10 bits per heavy atom. The number of hydrogen-bond donors (Lipinski definition) is 0. The summed E-state index contributed by atoms with van der Waals surface area (Å²) in [4.78, 5) is 0. The van der Waals surface area contributed by atoms with Crippen molar-refractivity contribution in [2.24, 2.45) is 17.8 Å². The van der Waals surface area contributed by atoms with E-state index < -0.39 is 10.0 Å². The number of halogens is 1. The molecule has 1 aromatic heterocycles. The summed E-state index contributed by atoms with van der Waals surface area (Å²) in [7, 11) is -1.54. The highest BCUT2D eigenvalue weighted by atomic mass is 79.9. The first-order valence-electron chi connectivity index (χ1n) is 7.63. The summed E-state index contributed by atoms with van der Waals surface area (Å²) < 4.78 is 29.0. The summed E-state index contributed by atoms with van der Waals surface area (Å²) in [6.07, 6.45) is 7.21. The van der Waals surface area contributed by atoms with Crippen LogP contribution in [0.15, 0.2) is 20.1 Å². The number of thiophene rings is 1. The molecular formula is C15H20BrNO2S2. The van der Waals surface area contributed by atoms with Gasteiger partial charge in [-0.2, -0.15) is 4.31 Å². The van der Waals surface area contributed by atoms with E-state index in [2.05, 4.69) is 15.9 Å². The first kappa shape index (κ1) is 14.7. The Hall–Kier alpha value is 0.0900. The predicted molar refractivity (Wildman–Crippen MR) is 87.9 cm³/mol. The minimum atomic E-state index is -3.36. The minimum absolute atomic E-state index is 0.107. The SMILES string of the molecule is CN(C12CC3CC(CC(C3)C1)C2)S(=O)(=O)c1ccc(Br)s1. The van der Waals surface area contributed by atoms with Crippen LogP contribution >= 0.6 is 27.3 Å². The van der Waals surface area contributed by atoms with Gasteiger partial charge in [0.1, 0.15) is 4.21 Å². The molecule has 4 aliphatic carbocycles. The normalized spacial score (nSPS) is 38.3. The number of hydrogen-bond acceptors (Lipinski definition) is 3. The molecule has 6 heteroatoms. The number of rotatable bonds is 3. The Morgan fingerprint density at radius 1 is 1.14 bits per heavy atom. The lowest BCUT2D eigenvalue weighted by Crippen LogP contribution is -2.60. The van der Waals surface area contributed by atoms with Crippen molar-refractivity contribution in [2.45, 2.75) is 48.3 Å². The van der Waals surface area contributed by atoms with Gasteiger partial charge in [-0.05, 0) is 84.3 Å². The molecule has 21 heavy (non-hydrogen) atoms. The van der Waals surface area contributed by atoms with E-state index in [9.17, 15) is 8.42 Å². The fraction of sp³-hybridized carbons (Fsp3) is 0.733. The highest BCUT2D eigenvalue weighted by molar-refractivity contribution is 9.11. The van der Waals surface area contributed by atoms with Crippen LogP contribution in [0.1, 0.15) is 38.5 Å². The average Bonchev–Trinajstić information content (AvgIpc) is 2.83. The molecule has 0 unspecified atom stereocenters. The number of sulfonamides is 1. The van der Waals surface area contributed by atoms with Crippen LogP contribution < -0.4 is 0 Å². The van der Waals surface area contributed by atoms with E-state index in [0.29, 0.717) is 4.21 Å². The molecular weight excluding hydrogens is 370 g/mol. The van der Waals surface area contributed by atoms with Crippen molar-refractivity contribution in [3.8, 4) is 0 Å². The van der Waals surface area contributed by atoms with Gasteiger partial charge in [-0.25, -0.2) is 8.42 Å². The molecule has 0 radical (unpaired) electrons. The second kappa shape index (κ2) is 4.79. The van der Waals surface area contributed by atoms with E-state index >= 15 is 0 Å². The molecule has 0 amide bonds. The van der Waals surface area contributed by atoms with Gasteiger partial charge in [-0.3, -0.25) is 0 Å². The zero-order valence-electron chi connectivity index (χ0n) is 12.1. The summed E-state index contributed by atoms with van der Waals surface area (Å²) in [5.41, 5.74) is -0.107. The standard InChI is InChI=1S/C15H20BrNO2S2/c1-17(21(18,19)14-3-2-13(16)20-14)15-7-10-4-11(8-15)6-12(5-10)9-15/h2-3,10-12H,4-9H2,1H3. The van der Waals surface area contributed by atoms with Gasteiger partial charge < -0.3 is 0 Å². The summed E-state index contributed by atoms with van der Waals surface area (Å²) in [6.45, 7) is 0. The van der Waals surface area contributed by atoms with Crippen molar-refractivity contribution >= 4 is 37.3 Å². The second-order valence-electron chi connectivity index (χ2n) is 7.17. The Labute approximate surface area is 138 Å². The monoisotopic (exact) mass is 389 g/mol. The van der Waals surface area contributed by atoms with E-state index in [-0.39, 0.29) is 5.54 Å². The molecule has 0 spiro atoms. The molecule has 4 bridgehead atoms. The van der Waals surface area contributed by atoms with Crippen LogP contribution in [-0.4, -0.2) is 25.3 Å². The van der Waals surface area contributed by atoms with Crippen LogP contribution in [0.3, 0.4) is 0 Å². The van der Waals surface area contributed by atoms with Gasteiger partial charge in [0.15, 0.2) is 0 Å². The third-order valence-corrected chi connectivity index (χ3v) is 9.89. The molecule has 0 N–H and O–H groups in total. The smallest absolute Gasteiger partial charge is 0.206 e. The van der Waals surface area contributed by atoms with E-state index in [4.69, 9.17) is 0 Å². The van der Waals surface area contributed by atoms with E-state index in [1.54, 1.807) is 10.4 Å². The van der Waals surface area contributed by atoms with Crippen molar-refractivity contribution in [1.29, 1.82) is 0 Å². The predicted octanol–water partition coefficient (Wildman–Crippen LogP) is 4.10. The molecule has 116 valence electrons. The molecule has 4 fully saturated rings. The highest BCUT2D eigenvalue weighted by Gasteiger charge is 2.55. The summed E-state index contributed by atoms with van der Waals surface area (Å²) >= 11 is 4.69. The molecule has 0 aliphatic heterocycles. The molecule has 0 aromatic carbocycles.